The van der Waals surface area contributed by atoms with Crippen molar-refractivity contribution in [3.05, 3.63) is 29.8 Å². The number of nitrogens with two attached hydrogens (primary N) is 1. The summed E-state index contributed by atoms with van der Waals surface area (Å²) < 4.78 is 22.8. The van der Waals surface area contributed by atoms with Crippen LogP contribution in [0.5, 0.6) is 0 Å². The van der Waals surface area contributed by atoms with Crippen molar-refractivity contribution in [2.24, 2.45) is 5.73 Å². The molecule has 1 aromatic rings. The fourth-order valence-electron chi connectivity index (χ4n) is 1.80. The molecule has 0 fully saturated rings. The lowest BCUT2D eigenvalue weighted by Crippen LogP contribution is -2.15. The van der Waals surface area contributed by atoms with E-state index < -0.39 is 9.84 Å². The van der Waals surface area contributed by atoms with E-state index >= 15 is 0 Å². The van der Waals surface area contributed by atoms with Crippen molar-refractivity contribution >= 4 is 21.6 Å². The Kier molecular flexibility index (Phi) is 6.18. The van der Waals surface area contributed by atoms with Gasteiger partial charge in [0.05, 0.1) is 5.75 Å². The van der Waals surface area contributed by atoms with Crippen molar-refractivity contribution in [3.8, 4) is 0 Å². The molecule has 0 amide bonds. The summed E-state index contributed by atoms with van der Waals surface area (Å²) in [5.41, 5.74) is 7.24. The van der Waals surface area contributed by atoms with Crippen LogP contribution in [0, 0.1) is 0 Å². The highest BCUT2D eigenvalue weighted by Gasteiger charge is 2.12. The summed E-state index contributed by atoms with van der Waals surface area (Å²) in [4.78, 5) is 1.17. The second kappa shape index (κ2) is 7.16. The predicted molar refractivity (Wildman–Crippen MR) is 78.7 cm³/mol. The Morgan fingerprint density at radius 1 is 1.33 bits per heavy atom. The van der Waals surface area contributed by atoms with Crippen LogP contribution in [-0.2, 0) is 9.84 Å². The minimum Gasteiger partial charge on any atom is -0.324 e. The summed E-state index contributed by atoms with van der Waals surface area (Å²) in [7, 11) is -2.87. The van der Waals surface area contributed by atoms with E-state index in [1.54, 1.807) is 18.7 Å². The fraction of sp³-hybridized carbons (Fsp3) is 0.538. The molecule has 0 spiro atoms. The molecule has 0 aromatic heterocycles. The summed E-state index contributed by atoms with van der Waals surface area (Å²) in [5.74, 6) is 0.447. The Hall–Kier alpha value is -0.520. The number of thioether (sulfide) groups is 1. The lowest BCUT2D eigenvalue weighted by atomic mass is 10.0. The normalized spacial score (nSPS) is 13.5. The van der Waals surface area contributed by atoms with Crippen LogP contribution in [0.1, 0.15) is 31.4 Å². The molecule has 0 radical (unpaired) electrons. The van der Waals surface area contributed by atoms with Crippen LogP contribution in [0.25, 0.3) is 0 Å². The van der Waals surface area contributed by atoms with Crippen LogP contribution in [0.15, 0.2) is 29.2 Å². The first kappa shape index (κ1) is 15.5. The van der Waals surface area contributed by atoms with E-state index in [1.165, 1.54) is 4.90 Å². The zero-order chi connectivity index (χ0) is 13.6. The number of hydrogen-bond donors (Lipinski definition) is 1. The third-order valence-corrected chi connectivity index (χ3v) is 5.55. The molecule has 3 nitrogen and oxygen atoms in total. The van der Waals surface area contributed by atoms with Gasteiger partial charge in [-0.1, -0.05) is 25.1 Å². The topological polar surface area (TPSA) is 60.2 Å². The van der Waals surface area contributed by atoms with Crippen LogP contribution in [0.4, 0.5) is 0 Å². The summed E-state index contributed by atoms with van der Waals surface area (Å²) in [6.45, 7) is 1.68. The largest absolute Gasteiger partial charge is 0.324 e. The molecule has 0 aliphatic carbocycles. The zero-order valence-corrected chi connectivity index (χ0v) is 12.6. The molecule has 102 valence electrons. The van der Waals surface area contributed by atoms with Crippen LogP contribution in [-0.4, -0.2) is 26.2 Å². The Labute approximate surface area is 114 Å². The van der Waals surface area contributed by atoms with E-state index in [-0.39, 0.29) is 17.5 Å². The van der Waals surface area contributed by atoms with Crippen LogP contribution in [0.2, 0.25) is 0 Å². The summed E-state index contributed by atoms with van der Waals surface area (Å²) in [5, 5.41) is 0. The Morgan fingerprint density at radius 2 is 2.00 bits per heavy atom. The van der Waals surface area contributed by atoms with E-state index in [1.807, 2.05) is 30.5 Å². The van der Waals surface area contributed by atoms with Crippen LogP contribution in [0.3, 0.4) is 0 Å². The minimum absolute atomic E-state index is 0.0827. The minimum atomic E-state index is -2.87. The molecule has 0 aliphatic rings. The first-order valence-electron chi connectivity index (χ1n) is 6.09. The standard InChI is InChI=1S/C13H21NO2S2/c1-3-18(15,16)10-6-8-12(14)11-7-4-5-9-13(11)17-2/h4-5,7,9,12H,3,6,8,10,14H2,1-2H3. The molecule has 1 rings (SSSR count). The van der Waals surface area contributed by atoms with Gasteiger partial charge in [0, 0.05) is 16.7 Å². The number of rotatable bonds is 7. The molecule has 0 aliphatic heterocycles. The maximum Gasteiger partial charge on any atom is 0.150 e. The van der Waals surface area contributed by atoms with Crippen molar-refractivity contribution in [1.82, 2.24) is 0 Å². The van der Waals surface area contributed by atoms with Crippen molar-refractivity contribution < 1.29 is 8.42 Å². The molecule has 0 saturated carbocycles. The smallest absolute Gasteiger partial charge is 0.150 e. The average Bonchev–Trinajstić information content (AvgIpc) is 2.38. The number of sulfone groups is 1. The number of benzene rings is 1. The molecular weight excluding hydrogens is 266 g/mol. The second-order valence-corrected chi connectivity index (χ2v) is 7.55. The first-order valence-corrected chi connectivity index (χ1v) is 9.13. The second-order valence-electron chi connectivity index (χ2n) is 4.23. The highest BCUT2D eigenvalue weighted by molar-refractivity contribution is 7.98. The summed E-state index contributed by atoms with van der Waals surface area (Å²) in [6.07, 6.45) is 3.35. The highest BCUT2D eigenvalue weighted by Crippen LogP contribution is 2.26. The van der Waals surface area contributed by atoms with Gasteiger partial charge in [0.2, 0.25) is 0 Å². The van der Waals surface area contributed by atoms with Crippen molar-refractivity contribution in [3.63, 3.8) is 0 Å². The molecule has 1 aromatic carbocycles. The summed E-state index contributed by atoms with van der Waals surface area (Å²) >= 11 is 1.67. The van der Waals surface area contributed by atoms with Crippen molar-refractivity contribution in [2.75, 3.05) is 17.8 Å². The molecular formula is C13H21NO2S2. The highest BCUT2D eigenvalue weighted by atomic mass is 32.2. The van der Waals surface area contributed by atoms with E-state index in [2.05, 4.69) is 0 Å². The van der Waals surface area contributed by atoms with Gasteiger partial charge in [0.25, 0.3) is 0 Å². The van der Waals surface area contributed by atoms with Crippen LogP contribution < -0.4 is 5.73 Å². The zero-order valence-electron chi connectivity index (χ0n) is 10.9. The van der Waals surface area contributed by atoms with Gasteiger partial charge in [-0.25, -0.2) is 8.42 Å². The SMILES string of the molecule is CCS(=O)(=O)CCCC(N)c1ccccc1SC. The van der Waals surface area contributed by atoms with E-state index in [9.17, 15) is 8.42 Å². The maximum atomic E-state index is 11.4. The third-order valence-electron chi connectivity index (χ3n) is 2.95. The molecule has 0 heterocycles. The first-order chi connectivity index (χ1) is 8.50. The molecule has 1 unspecified atom stereocenters. The molecule has 0 bridgehead atoms. The lowest BCUT2D eigenvalue weighted by Gasteiger charge is -2.15. The maximum absolute atomic E-state index is 11.4. The summed E-state index contributed by atoms with van der Waals surface area (Å²) in [6, 6.07) is 7.94. The van der Waals surface area contributed by atoms with Gasteiger partial charge in [-0.05, 0) is 30.7 Å². The Balaban J connectivity index is 2.58. The van der Waals surface area contributed by atoms with Gasteiger partial charge < -0.3 is 5.73 Å². The number of hydrogen-bond acceptors (Lipinski definition) is 4. The Bertz CT molecular complexity index is 472. The van der Waals surface area contributed by atoms with Gasteiger partial charge >= 0.3 is 0 Å². The van der Waals surface area contributed by atoms with Gasteiger partial charge in [-0.15, -0.1) is 11.8 Å². The average molecular weight is 287 g/mol. The molecule has 0 saturated heterocycles. The van der Waals surface area contributed by atoms with E-state index in [0.29, 0.717) is 12.8 Å². The van der Waals surface area contributed by atoms with Gasteiger partial charge in [0.15, 0.2) is 0 Å². The lowest BCUT2D eigenvalue weighted by molar-refractivity contribution is 0.582. The van der Waals surface area contributed by atoms with Gasteiger partial charge in [-0.3, -0.25) is 0 Å². The molecule has 18 heavy (non-hydrogen) atoms. The van der Waals surface area contributed by atoms with Crippen molar-refractivity contribution in [1.29, 1.82) is 0 Å². The van der Waals surface area contributed by atoms with Crippen molar-refractivity contribution in [2.45, 2.75) is 30.7 Å². The fourth-order valence-corrected chi connectivity index (χ4v) is 3.36. The molecule has 2 N–H and O–H groups in total. The van der Waals surface area contributed by atoms with E-state index in [4.69, 9.17) is 5.73 Å². The third kappa shape index (κ3) is 4.63. The monoisotopic (exact) mass is 287 g/mol. The predicted octanol–water partition coefficient (Wildman–Crippen LogP) is 2.62. The molecule has 1 atom stereocenters. The quantitative estimate of drug-likeness (QED) is 0.783. The van der Waals surface area contributed by atoms with E-state index in [0.717, 1.165) is 5.56 Å². The Morgan fingerprint density at radius 3 is 2.61 bits per heavy atom. The van der Waals surface area contributed by atoms with Crippen LogP contribution >= 0.6 is 11.8 Å². The molecule has 5 heteroatoms. The van der Waals surface area contributed by atoms with Gasteiger partial charge in [0.1, 0.15) is 9.84 Å². The van der Waals surface area contributed by atoms with Gasteiger partial charge in [-0.2, -0.15) is 0 Å².